The van der Waals surface area contributed by atoms with Gasteiger partial charge >= 0.3 is 0 Å². The fraction of sp³-hybridized carbons (Fsp3) is 0.348. The van der Waals surface area contributed by atoms with E-state index in [2.05, 4.69) is 10.3 Å². The Bertz CT molecular complexity index is 1970. The van der Waals surface area contributed by atoms with E-state index >= 15 is 0 Å². The van der Waals surface area contributed by atoms with Crippen LogP contribution < -0.4 is 31.9 Å². The molecule has 0 saturated heterocycles. The van der Waals surface area contributed by atoms with Gasteiger partial charge in [-0.2, -0.15) is 0 Å². The van der Waals surface area contributed by atoms with Crippen LogP contribution in [0.3, 0.4) is 0 Å². The first-order valence-corrected chi connectivity index (χ1v) is 19.4. The minimum atomic E-state index is -0.381. The van der Waals surface area contributed by atoms with Gasteiger partial charge in [0.25, 0.3) is 0 Å². The van der Waals surface area contributed by atoms with Crippen molar-refractivity contribution in [3.63, 3.8) is 0 Å². The molecule has 0 radical (unpaired) electrons. The number of aliphatic imine (C=N–C) groups is 1. The lowest BCUT2D eigenvalue weighted by molar-refractivity contribution is -0.109. The summed E-state index contributed by atoms with van der Waals surface area (Å²) < 4.78 is 0. The zero-order valence-electron chi connectivity index (χ0n) is 35.2. The van der Waals surface area contributed by atoms with Crippen molar-refractivity contribution in [2.75, 3.05) is 105 Å². The Balaban J connectivity index is 0. The van der Waals surface area contributed by atoms with Crippen molar-refractivity contribution in [3.05, 3.63) is 120 Å². The average Bonchev–Trinajstić information content (AvgIpc) is 3.25. The molecule has 18 heteroatoms. The van der Waals surface area contributed by atoms with Crippen LogP contribution in [0, 0.1) is 6.92 Å². The summed E-state index contributed by atoms with van der Waals surface area (Å²) in [5.41, 5.74) is 11.3. The molecule has 356 valence electrons. The van der Waals surface area contributed by atoms with E-state index in [0.29, 0.717) is 67.6 Å². The largest absolute Gasteiger partial charge is 0.508 e. The SMILES string of the molecule is C.C.CC1=C(O)C(Nc2ccc(N(CCO)CCO)cc2)=CC(=Nc2ccc(N(CCO)CCO)cc2)C1=O.Cc1c(O)cccc1O.N.Nc1ccc(N(CCO)CCO)cc1.O. The molecular weight excluding hydrogens is 827 g/mol. The molecule has 5 rings (SSSR count). The molecule has 1 aliphatic rings. The van der Waals surface area contributed by atoms with Crippen LogP contribution in [-0.2, 0) is 4.79 Å². The smallest absolute Gasteiger partial charge is 0.210 e. The number of anilines is 5. The summed E-state index contributed by atoms with van der Waals surface area (Å²) in [7, 11) is 0. The number of nitrogens with one attached hydrogen (secondary N) is 1. The molecule has 0 bridgehead atoms. The van der Waals surface area contributed by atoms with Crippen LogP contribution in [0.5, 0.6) is 11.5 Å². The molecule has 0 aromatic heterocycles. The Hall–Kier alpha value is -6.22. The number of nitrogens with two attached hydrogens (primary N) is 1. The first kappa shape index (κ1) is 59.9. The van der Waals surface area contributed by atoms with Crippen LogP contribution in [0.25, 0.3) is 0 Å². The molecule has 17 N–H and O–H groups in total. The molecule has 0 amide bonds. The molecule has 64 heavy (non-hydrogen) atoms. The lowest BCUT2D eigenvalue weighted by atomic mass is 9.99. The monoisotopic (exact) mass is 898 g/mol. The fourth-order valence-corrected chi connectivity index (χ4v) is 5.87. The number of aromatic hydroxyl groups is 2. The minimum Gasteiger partial charge on any atom is -0.508 e. The van der Waals surface area contributed by atoms with Crippen molar-refractivity contribution in [1.82, 2.24) is 6.15 Å². The van der Waals surface area contributed by atoms with Crippen molar-refractivity contribution in [1.29, 1.82) is 0 Å². The maximum atomic E-state index is 12.8. The Morgan fingerprint density at radius 3 is 1.30 bits per heavy atom. The van der Waals surface area contributed by atoms with Gasteiger partial charge in [-0.3, -0.25) is 4.79 Å². The number of hydrogen-bond acceptors (Lipinski definition) is 17. The quantitative estimate of drug-likeness (QED) is 0.0499. The van der Waals surface area contributed by atoms with Crippen LogP contribution in [0.1, 0.15) is 27.3 Å². The van der Waals surface area contributed by atoms with Crippen LogP contribution in [0.2, 0.25) is 0 Å². The van der Waals surface area contributed by atoms with Gasteiger partial charge in [-0.1, -0.05) is 20.9 Å². The van der Waals surface area contributed by atoms with Gasteiger partial charge in [-0.15, -0.1) is 0 Å². The second kappa shape index (κ2) is 31.6. The number of allylic oxidation sites excluding steroid dienone is 2. The zero-order chi connectivity index (χ0) is 44.0. The highest BCUT2D eigenvalue weighted by Gasteiger charge is 2.25. The van der Waals surface area contributed by atoms with Crippen molar-refractivity contribution in [2.24, 2.45) is 4.99 Å². The zero-order valence-corrected chi connectivity index (χ0v) is 35.2. The third-order valence-electron chi connectivity index (χ3n) is 9.19. The average molecular weight is 898 g/mol. The highest BCUT2D eigenvalue weighted by atomic mass is 16.3. The first-order valence-electron chi connectivity index (χ1n) is 19.4. The number of aliphatic hydroxyl groups is 7. The summed E-state index contributed by atoms with van der Waals surface area (Å²) in [6, 6.07) is 26.4. The molecule has 0 saturated carbocycles. The van der Waals surface area contributed by atoms with Crippen LogP contribution in [0.15, 0.2) is 119 Å². The van der Waals surface area contributed by atoms with Gasteiger partial charge in [-0.25, -0.2) is 4.99 Å². The molecule has 0 unspecified atom stereocenters. The molecule has 0 atom stereocenters. The summed E-state index contributed by atoms with van der Waals surface area (Å²) in [5.74, 6) is -0.271. The topological polar surface area (TPSA) is 326 Å². The molecule has 1 aliphatic carbocycles. The fourth-order valence-electron chi connectivity index (χ4n) is 5.87. The number of nitrogens with zero attached hydrogens (tertiary/aromatic N) is 4. The molecule has 4 aromatic rings. The molecule has 4 aromatic carbocycles. The number of aliphatic hydroxyl groups excluding tert-OH is 7. The maximum absolute atomic E-state index is 12.8. The molecule has 0 spiro atoms. The number of nitrogen functional groups attached to an aromatic ring is 1. The number of benzene rings is 4. The van der Waals surface area contributed by atoms with Gasteiger partial charge in [0, 0.05) is 78.8 Å². The number of rotatable bonds is 18. The van der Waals surface area contributed by atoms with E-state index in [9.17, 15) is 30.3 Å². The first-order chi connectivity index (χ1) is 28.9. The van der Waals surface area contributed by atoms with Crippen molar-refractivity contribution < 1.29 is 56.2 Å². The maximum Gasteiger partial charge on any atom is 0.210 e. The number of ketones is 1. The molecule has 0 fully saturated rings. The van der Waals surface area contributed by atoms with E-state index in [0.717, 1.165) is 17.1 Å². The summed E-state index contributed by atoms with van der Waals surface area (Å²) in [6.07, 6.45) is 1.50. The second-order valence-corrected chi connectivity index (χ2v) is 13.4. The van der Waals surface area contributed by atoms with E-state index in [1.165, 1.54) is 25.1 Å². The van der Waals surface area contributed by atoms with Gasteiger partial charge in [0.15, 0.2) is 0 Å². The molecule has 0 aliphatic heterocycles. The Kier molecular flexibility index (Phi) is 29.6. The van der Waals surface area contributed by atoms with E-state index in [-0.39, 0.29) is 100 Å². The lowest BCUT2D eigenvalue weighted by Gasteiger charge is -2.23. The third-order valence-corrected chi connectivity index (χ3v) is 9.19. The van der Waals surface area contributed by atoms with Gasteiger partial charge in [0.1, 0.15) is 23.0 Å². The van der Waals surface area contributed by atoms with E-state index in [4.69, 9.17) is 26.2 Å². The Morgan fingerprint density at radius 2 is 0.938 bits per heavy atom. The third kappa shape index (κ3) is 18.2. The van der Waals surface area contributed by atoms with Crippen LogP contribution in [-0.4, -0.2) is 142 Å². The minimum absolute atomic E-state index is 0. The Labute approximate surface area is 376 Å². The van der Waals surface area contributed by atoms with Crippen LogP contribution >= 0.6 is 0 Å². The number of carbonyl (C=O) groups is 1. The van der Waals surface area contributed by atoms with Gasteiger partial charge in [-0.05, 0) is 105 Å². The van der Waals surface area contributed by atoms with E-state index in [1.807, 2.05) is 39.0 Å². The molecule has 0 heterocycles. The predicted molar refractivity (Wildman–Crippen MR) is 259 cm³/mol. The number of phenolic OH excluding ortho intramolecular Hbond substituents is 2. The van der Waals surface area contributed by atoms with E-state index in [1.54, 1.807) is 61.5 Å². The summed E-state index contributed by atoms with van der Waals surface area (Å²) in [6.45, 7) is 5.79. The Morgan fingerprint density at radius 1 is 0.578 bits per heavy atom. The standard InChI is InChI=1S/C27H34N4O6.C10H16N2O2.C7H8O2.2CH4.H3N.H2O/c1-19-26(36)24(28-20-2-6-22(7-3-20)30(10-14-32)11-15-33)18-25(27(19)37)29-21-4-8-23(9-5-21)31(12-16-34)13-17-35;11-9-1-3-10(4-2-9)12(5-7-13)6-8-14;1-5-6(8)3-2-4-7(5)9;;;;/h2-9,18,28,32-36H,10-17H2,1H3;1-4,13-14H,5-8,11H2;2-4,8-9H,1H3;2*1H4;1H3;1H2. The number of hydrogen-bond donors (Lipinski definition) is 12. The van der Waals surface area contributed by atoms with Gasteiger partial charge in [0.2, 0.25) is 5.78 Å². The lowest BCUT2D eigenvalue weighted by Crippen LogP contribution is -2.29. The number of phenols is 2. The number of carbonyl (C=O) groups excluding carboxylic acids is 1. The van der Waals surface area contributed by atoms with Crippen molar-refractivity contribution in [2.45, 2.75) is 28.7 Å². The second-order valence-electron chi connectivity index (χ2n) is 13.4. The van der Waals surface area contributed by atoms with Gasteiger partial charge < -0.3 is 83.3 Å². The van der Waals surface area contributed by atoms with Gasteiger partial charge in [0.05, 0.1) is 51.0 Å². The summed E-state index contributed by atoms with van der Waals surface area (Å²) in [5, 5.41) is 86.2. The predicted octanol–water partition coefficient (Wildman–Crippen LogP) is 3.83. The normalized spacial score (nSPS) is 12.0. The van der Waals surface area contributed by atoms with Crippen LogP contribution in [0.4, 0.5) is 34.1 Å². The highest BCUT2D eigenvalue weighted by Crippen LogP contribution is 2.27. The van der Waals surface area contributed by atoms with Crippen molar-refractivity contribution >= 4 is 45.6 Å². The van der Waals surface area contributed by atoms with E-state index < -0.39 is 0 Å². The van der Waals surface area contributed by atoms with Crippen molar-refractivity contribution in [3.8, 4) is 11.5 Å². The molecule has 18 nitrogen and oxygen atoms in total. The molecular formula is C46H71N7O11. The summed E-state index contributed by atoms with van der Waals surface area (Å²) >= 11 is 0. The highest BCUT2D eigenvalue weighted by molar-refractivity contribution is 6.51. The number of Topliss-reactive ketones (excluding diaryl/α,β-unsaturated/α-hetero) is 1. The summed E-state index contributed by atoms with van der Waals surface area (Å²) in [4.78, 5) is 22.9.